The minimum atomic E-state index is -0.373. The molecule has 0 saturated carbocycles. The van der Waals surface area contributed by atoms with Crippen molar-refractivity contribution in [2.45, 2.75) is 23.4 Å². The molecule has 28 heavy (non-hydrogen) atoms. The predicted octanol–water partition coefficient (Wildman–Crippen LogP) is 6.39. The molecule has 4 rings (SSSR count). The number of carbonyl (C=O) groups is 1. The first-order valence-corrected chi connectivity index (χ1v) is 10.7. The second-order valence-corrected chi connectivity index (χ2v) is 9.05. The van der Waals surface area contributed by atoms with Crippen LogP contribution >= 0.6 is 23.1 Å². The fourth-order valence-electron chi connectivity index (χ4n) is 2.97. The lowest BCUT2D eigenvalue weighted by Gasteiger charge is -2.17. The molecule has 0 aliphatic heterocycles. The van der Waals surface area contributed by atoms with E-state index in [-0.39, 0.29) is 11.2 Å². The number of hydrogen-bond donors (Lipinski definition) is 1. The molecule has 0 aliphatic carbocycles. The van der Waals surface area contributed by atoms with Gasteiger partial charge >= 0.3 is 0 Å². The molecular formula is C23H20N2OS2. The van der Waals surface area contributed by atoms with Gasteiger partial charge in [0.1, 0.15) is 5.25 Å². The summed E-state index contributed by atoms with van der Waals surface area (Å²) in [6.07, 6.45) is 0. The lowest BCUT2D eigenvalue weighted by molar-refractivity contribution is -0.115. The normalized spacial score (nSPS) is 12.1. The van der Waals surface area contributed by atoms with E-state index in [0.717, 1.165) is 36.9 Å². The van der Waals surface area contributed by atoms with Crippen LogP contribution in [-0.4, -0.2) is 10.9 Å². The van der Waals surface area contributed by atoms with Crippen molar-refractivity contribution in [3.8, 4) is 0 Å². The Morgan fingerprint density at radius 3 is 2.54 bits per heavy atom. The largest absolute Gasteiger partial charge is 0.325 e. The highest BCUT2D eigenvalue weighted by Gasteiger charge is 2.24. The molecule has 1 aromatic heterocycles. The third kappa shape index (κ3) is 4.11. The van der Waals surface area contributed by atoms with Crippen LogP contribution < -0.4 is 5.32 Å². The monoisotopic (exact) mass is 404 g/mol. The number of thioether (sulfide) groups is 1. The van der Waals surface area contributed by atoms with Gasteiger partial charge in [-0.25, -0.2) is 4.98 Å². The molecular weight excluding hydrogens is 384 g/mol. The number of para-hydroxylation sites is 1. The van der Waals surface area contributed by atoms with E-state index in [4.69, 9.17) is 4.98 Å². The van der Waals surface area contributed by atoms with Gasteiger partial charge in [0.25, 0.3) is 0 Å². The van der Waals surface area contributed by atoms with E-state index < -0.39 is 0 Å². The highest BCUT2D eigenvalue weighted by Crippen LogP contribution is 2.40. The maximum absolute atomic E-state index is 13.2. The minimum absolute atomic E-state index is 0.0378. The van der Waals surface area contributed by atoms with E-state index in [1.54, 1.807) is 11.3 Å². The Morgan fingerprint density at radius 1 is 1.00 bits per heavy atom. The van der Waals surface area contributed by atoms with Crippen molar-refractivity contribution in [2.75, 3.05) is 5.32 Å². The maximum Gasteiger partial charge on any atom is 0.242 e. The minimum Gasteiger partial charge on any atom is -0.325 e. The van der Waals surface area contributed by atoms with Gasteiger partial charge in [-0.1, -0.05) is 66.4 Å². The van der Waals surface area contributed by atoms with Crippen molar-refractivity contribution in [3.63, 3.8) is 0 Å². The third-order valence-electron chi connectivity index (χ3n) is 4.48. The lowest BCUT2D eigenvalue weighted by Crippen LogP contribution is -2.19. The number of anilines is 1. The summed E-state index contributed by atoms with van der Waals surface area (Å²) in [5.41, 5.74) is 4.97. The number of hydrogen-bond acceptors (Lipinski definition) is 4. The number of benzene rings is 3. The zero-order chi connectivity index (χ0) is 19.5. The number of carbonyl (C=O) groups excluding carboxylic acids is 1. The zero-order valence-electron chi connectivity index (χ0n) is 15.7. The summed E-state index contributed by atoms with van der Waals surface area (Å²) >= 11 is 3.12. The molecule has 140 valence electrons. The number of nitrogens with one attached hydrogen (secondary N) is 1. The summed E-state index contributed by atoms with van der Waals surface area (Å²) in [6.45, 7) is 4.03. The number of fused-ring (bicyclic) bond motifs is 1. The van der Waals surface area contributed by atoms with E-state index in [1.165, 1.54) is 11.8 Å². The first-order valence-electron chi connectivity index (χ1n) is 9.05. The fraction of sp³-hybridized carbons (Fsp3) is 0.130. The third-order valence-corrected chi connectivity index (χ3v) is 6.87. The first kappa shape index (κ1) is 18.7. The van der Waals surface area contributed by atoms with Crippen LogP contribution in [0.2, 0.25) is 0 Å². The van der Waals surface area contributed by atoms with Crippen molar-refractivity contribution in [2.24, 2.45) is 0 Å². The van der Waals surface area contributed by atoms with Gasteiger partial charge in [0.15, 0.2) is 4.34 Å². The second-order valence-electron chi connectivity index (χ2n) is 6.66. The summed E-state index contributed by atoms with van der Waals surface area (Å²) in [4.78, 5) is 17.9. The van der Waals surface area contributed by atoms with Crippen molar-refractivity contribution >= 4 is 44.9 Å². The molecule has 0 fully saturated rings. The van der Waals surface area contributed by atoms with Gasteiger partial charge in [0.05, 0.1) is 10.2 Å². The van der Waals surface area contributed by atoms with Gasteiger partial charge in [-0.2, -0.15) is 0 Å². The number of aromatic nitrogens is 1. The average Bonchev–Trinajstić information content (AvgIpc) is 3.12. The van der Waals surface area contributed by atoms with Gasteiger partial charge in [0, 0.05) is 5.69 Å². The van der Waals surface area contributed by atoms with Crippen LogP contribution in [0.15, 0.2) is 77.1 Å². The lowest BCUT2D eigenvalue weighted by atomic mass is 10.1. The molecule has 1 unspecified atom stereocenters. The number of rotatable bonds is 5. The predicted molar refractivity (Wildman–Crippen MR) is 119 cm³/mol. The van der Waals surface area contributed by atoms with Crippen LogP contribution in [0.1, 0.15) is 21.9 Å². The van der Waals surface area contributed by atoms with Gasteiger partial charge in [-0.3, -0.25) is 4.79 Å². The molecule has 0 spiro atoms. The van der Waals surface area contributed by atoms with Crippen molar-refractivity contribution in [1.29, 1.82) is 0 Å². The van der Waals surface area contributed by atoms with Crippen LogP contribution in [0.5, 0.6) is 0 Å². The van der Waals surface area contributed by atoms with Crippen molar-refractivity contribution < 1.29 is 4.79 Å². The van der Waals surface area contributed by atoms with Crippen LogP contribution in [0.3, 0.4) is 0 Å². The summed E-state index contributed by atoms with van der Waals surface area (Å²) < 4.78 is 2.03. The van der Waals surface area contributed by atoms with Crippen LogP contribution in [-0.2, 0) is 4.79 Å². The van der Waals surface area contributed by atoms with E-state index in [1.807, 2.05) is 74.5 Å². The van der Waals surface area contributed by atoms with Gasteiger partial charge in [-0.15, -0.1) is 11.3 Å². The molecule has 1 amide bonds. The molecule has 1 atom stereocenters. The molecule has 0 saturated heterocycles. The Morgan fingerprint density at radius 2 is 1.75 bits per heavy atom. The SMILES string of the molecule is Cc1ccc(C)c(NC(=O)C(Sc2nc3ccccc3s2)c2ccccc2)c1. The highest BCUT2D eigenvalue weighted by atomic mass is 32.2. The molecule has 0 radical (unpaired) electrons. The van der Waals surface area contributed by atoms with Crippen LogP contribution in [0, 0.1) is 13.8 Å². The summed E-state index contributed by atoms with van der Waals surface area (Å²) in [6, 6.07) is 24.0. The van der Waals surface area contributed by atoms with Crippen molar-refractivity contribution in [1.82, 2.24) is 4.98 Å². The highest BCUT2D eigenvalue weighted by molar-refractivity contribution is 8.02. The van der Waals surface area contributed by atoms with Gasteiger partial charge < -0.3 is 5.32 Å². The van der Waals surface area contributed by atoms with E-state index in [0.29, 0.717) is 0 Å². The van der Waals surface area contributed by atoms with Gasteiger partial charge in [0.2, 0.25) is 5.91 Å². The quantitative estimate of drug-likeness (QED) is 0.392. The molecule has 3 aromatic carbocycles. The second kappa shape index (κ2) is 8.17. The topological polar surface area (TPSA) is 42.0 Å². The van der Waals surface area contributed by atoms with E-state index in [9.17, 15) is 4.79 Å². The molecule has 0 aliphatic rings. The molecule has 3 nitrogen and oxygen atoms in total. The number of amides is 1. The molecule has 0 bridgehead atoms. The molecule has 1 heterocycles. The first-order chi connectivity index (χ1) is 13.6. The Kier molecular flexibility index (Phi) is 5.46. The summed E-state index contributed by atoms with van der Waals surface area (Å²) in [5, 5.41) is 2.75. The smallest absolute Gasteiger partial charge is 0.242 e. The molecule has 4 aromatic rings. The zero-order valence-corrected chi connectivity index (χ0v) is 17.3. The maximum atomic E-state index is 13.2. The van der Waals surface area contributed by atoms with Crippen LogP contribution in [0.25, 0.3) is 10.2 Å². The van der Waals surface area contributed by atoms with E-state index >= 15 is 0 Å². The average molecular weight is 405 g/mol. The standard InChI is InChI=1S/C23H20N2OS2/c1-15-12-13-16(2)19(14-15)24-22(26)21(17-8-4-3-5-9-17)28-23-25-18-10-6-7-11-20(18)27-23/h3-14,21H,1-2H3,(H,24,26). The van der Waals surface area contributed by atoms with Crippen LogP contribution in [0.4, 0.5) is 5.69 Å². The Bertz CT molecular complexity index is 1090. The summed E-state index contributed by atoms with van der Waals surface area (Å²) in [7, 11) is 0. The fourth-order valence-corrected chi connectivity index (χ4v) is 5.23. The molecule has 5 heteroatoms. The Hall–Kier alpha value is -2.63. The number of aryl methyl sites for hydroxylation is 2. The molecule has 1 N–H and O–H groups in total. The Labute approximate surface area is 172 Å². The van der Waals surface area contributed by atoms with Gasteiger partial charge in [-0.05, 0) is 48.7 Å². The number of thiazole rings is 1. The van der Waals surface area contributed by atoms with Crippen molar-refractivity contribution in [3.05, 3.63) is 89.5 Å². The van der Waals surface area contributed by atoms with E-state index in [2.05, 4.69) is 17.4 Å². The Balaban J connectivity index is 1.65. The summed E-state index contributed by atoms with van der Waals surface area (Å²) in [5.74, 6) is -0.0378. The number of nitrogens with zero attached hydrogens (tertiary/aromatic N) is 1.